The van der Waals surface area contributed by atoms with Gasteiger partial charge < -0.3 is 20.3 Å². The number of aliphatic hydroxyl groups excluding tert-OH is 1. The standard InChI is InChI=1S/C12H18FNO3/c1-6-9(8(15)5-14-3)11(16)12(17-4)7(2)10(6)13/h8,14-16H,5H2,1-4H3. The van der Waals surface area contributed by atoms with Crippen LogP contribution in [0.15, 0.2) is 0 Å². The van der Waals surface area contributed by atoms with E-state index in [1.54, 1.807) is 7.05 Å². The van der Waals surface area contributed by atoms with E-state index >= 15 is 0 Å². The zero-order valence-electron chi connectivity index (χ0n) is 10.5. The van der Waals surface area contributed by atoms with Gasteiger partial charge in [-0.25, -0.2) is 4.39 Å². The van der Waals surface area contributed by atoms with Crippen molar-refractivity contribution in [2.45, 2.75) is 20.0 Å². The number of phenols is 1. The molecule has 5 heteroatoms. The SMILES string of the molecule is CNCC(O)c1c(C)c(F)c(C)c(OC)c1O. The van der Waals surface area contributed by atoms with Gasteiger partial charge in [0.15, 0.2) is 11.5 Å². The maximum absolute atomic E-state index is 13.9. The Hall–Kier alpha value is -1.33. The summed E-state index contributed by atoms with van der Waals surface area (Å²) in [7, 11) is 3.02. The third-order valence-corrected chi connectivity index (χ3v) is 2.81. The zero-order valence-corrected chi connectivity index (χ0v) is 10.5. The molecule has 4 nitrogen and oxygen atoms in total. The Morgan fingerprint density at radius 1 is 1.35 bits per heavy atom. The molecule has 17 heavy (non-hydrogen) atoms. The number of methoxy groups -OCH3 is 1. The molecular formula is C12H18FNO3. The van der Waals surface area contributed by atoms with Crippen LogP contribution in [0.4, 0.5) is 4.39 Å². The summed E-state index contributed by atoms with van der Waals surface area (Å²) in [5.41, 5.74) is 0.644. The van der Waals surface area contributed by atoms with Crippen LogP contribution in [-0.2, 0) is 0 Å². The summed E-state index contributed by atoms with van der Waals surface area (Å²) >= 11 is 0. The summed E-state index contributed by atoms with van der Waals surface area (Å²) in [6, 6.07) is 0. The second-order valence-corrected chi connectivity index (χ2v) is 3.93. The van der Waals surface area contributed by atoms with Crippen LogP contribution >= 0.6 is 0 Å². The average Bonchev–Trinajstić information content (AvgIpc) is 2.27. The first kappa shape index (κ1) is 13.7. The Morgan fingerprint density at radius 2 is 1.94 bits per heavy atom. The molecule has 1 atom stereocenters. The van der Waals surface area contributed by atoms with E-state index in [2.05, 4.69) is 5.32 Å². The number of hydrogen-bond donors (Lipinski definition) is 3. The maximum Gasteiger partial charge on any atom is 0.166 e. The number of benzene rings is 1. The van der Waals surface area contributed by atoms with Gasteiger partial charge in [-0.05, 0) is 26.5 Å². The molecule has 0 bridgehead atoms. The van der Waals surface area contributed by atoms with Crippen molar-refractivity contribution in [1.29, 1.82) is 0 Å². The molecule has 1 unspecified atom stereocenters. The van der Waals surface area contributed by atoms with Crippen molar-refractivity contribution < 1.29 is 19.3 Å². The van der Waals surface area contributed by atoms with Crippen LogP contribution in [0, 0.1) is 19.7 Å². The Balaban J connectivity index is 3.44. The van der Waals surface area contributed by atoms with Gasteiger partial charge in [-0.15, -0.1) is 0 Å². The molecule has 0 aliphatic carbocycles. The second kappa shape index (κ2) is 5.33. The van der Waals surface area contributed by atoms with Gasteiger partial charge in [-0.3, -0.25) is 0 Å². The monoisotopic (exact) mass is 243 g/mol. The average molecular weight is 243 g/mol. The number of nitrogens with one attached hydrogen (secondary N) is 1. The van der Waals surface area contributed by atoms with Crippen LogP contribution in [0.5, 0.6) is 11.5 Å². The summed E-state index contributed by atoms with van der Waals surface area (Å²) < 4.78 is 18.9. The number of likely N-dealkylation sites (N-methyl/N-ethyl adjacent to an activating group) is 1. The number of ether oxygens (including phenoxy) is 1. The topological polar surface area (TPSA) is 61.7 Å². The maximum atomic E-state index is 13.9. The fourth-order valence-electron chi connectivity index (χ4n) is 1.93. The molecule has 0 amide bonds. The summed E-state index contributed by atoms with van der Waals surface area (Å²) in [5.74, 6) is -0.602. The molecule has 0 heterocycles. The molecule has 96 valence electrons. The molecule has 0 radical (unpaired) electrons. The minimum atomic E-state index is -0.982. The first-order valence-corrected chi connectivity index (χ1v) is 5.33. The minimum absolute atomic E-state index is 0.0678. The van der Waals surface area contributed by atoms with Crippen molar-refractivity contribution in [3.05, 3.63) is 22.5 Å². The van der Waals surface area contributed by atoms with E-state index in [0.29, 0.717) is 0 Å². The number of halogens is 1. The molecule has 3 N–H and O–H groups in total. The lowest BCUT2D eigenvalue weighted by Crippen LogP contribution is -2.18. The zero-order chi connectivity index (χ0) is 13.2. The van der Waals surface area contributed by atoms with E-state index in [1.165, 1.54) is 21.0 Å². The molecule has 1 aromatic carbocycles. The fourth-order valence-corrected chi connectivity index (χ4v) is 1.93. The Morgan fingerprint density at radius 3 is 2.41 bits per heavy atom. The van der Waals surface area contributed by atoms with Crippen LogP contribution in [0.2, 0.25) is 0 Å². The van der Waals surface area contributed by atoms with Crippen molar-refractivity contribution in [2.75, 3.05) is 20.7 Å². The lowest BCUT2D eigenvalue weighted by Gasteiger charge is -2.19. The number of rotatable bonds is 4. The molecule has 0 aliphatic heterocycles. The highest BCUT2D eigenvalue weighted by Gasteiger charge is 2.24. The summed E-state index contributed by atoms with van der Waals surface area (Å²) in [6.45, 7) is 3.27. The molecular weight excluding hydrogens is 225 g/mol. The summed E-state index contributed by atoms with van der Waals surface area (Å²) in [5, 5.41) is 22.6. The van der Waals surface area contributed by atoms with E-state index in [0.717, 1.165) is 0 Å². The van der Waals surface area contributed by atoms with Crippen molar-refractivity contribution in [2.24, 2.45) is 0 Å². The van der Waals surface area contributed by atoms with E-state index in [4.69, 9.17) is 4.74 Å². The number of phenolic OH excluding ortho intramolecular Hbond substituents is 1. The highest BCUT2D eigenvalue weighted by molar-refractivity contribution is 5.55. The molecule has 1 rings (SSSR count). The predicted octanol–water partition coefficient (Wildman–Crippen LogP) is 1.41. The van der Waals surface area contributed by atoms with E-state index < -0.39 is 11.9 Å². The lowest BCUT2D eigenvalue weighted by atomic mass is 9.97. The highest BCUT2D eigenvalue weighted by atomic mass is 19.1. The molecule has 0 saturated heterocycles. The van der Waals surface area contributed by atoms with Crippen molar-refractivity contribution in [3.63, 3.8) is 0 Å². The van der Waals surface area contributed by atoms with Crippen LogP contribution in [0.3, 0.4) is 0 Å². The molecule has 0 spiro atoms. The molecule has 1 aromatic rings. The Bertz CT molecular complexity index is 421. The second-order valence-electron chi connectivity index (χ2n) is 3.93. The molecule has 0 fully saturated rings. The van der Waals surface area contributed by atoms with Crippen LogP contribution in [0.1, 0.15) is 22.8 Å². The molecule has 0 saturated carbocycles. The van der Waals surface area contributed by atoms with Gasteiger partial charge in [-0.1, -0.05) is 0 Å². The number of aromatic hydroxyl groups is 1. The van der Waals surface area contributed by atoms with E-state index in [1.807, 2.05) is 0 Å². The van der Waals surface area contributed by atoms with Gasteiger partial charge >= 0.3 is 0 Å². The Kier molecular flexibility index (Phi) is 4.31. The first-order chi connectivity index (χ1) is 7.95. The summed E-state index contributed by atoms with van der Waals surface area (Å²) in [4.78, 5) is 0. The van der Waals surface area contributed by atoms with Crippen LogP contribution in [0.25, 0.3) is 0 Å². The highest BCUT2D eigenvalue weighted by Crippen LogP contribution is 2.40. The van der Waals surface area contributed by atoms with Gasteiger partial charge in [-0.2, -0.15) is 0 Å². The normalized spacial score (nSPS) is 12.6. The summed E-state index contributed by atoms with van der Waals surface area (Å²) in [6.07, 6.45) is -0.982. The molecule has 0 aromatic heterocycles. The van der Waals surface area contributed by atoms with Gasteiger partial charge in [0, 0.05) is 17.7 Å². The largest absolute Gasteiger partial charge is 0.504 e. The van der Waals surface area contributed by atoms with Crippen molar-refractivity contribution in [3.8, 4) is 11.5 Å². The van der Waals surface area contributed by atoms with Gasteiger partial charge in [0.2, 0.25) is 0 Å². The van der Waals surface area contributed by atoms with Crippen LogP contribution < -0.4 is 10.1 Å². The quantitative estimate of drug-likeness (QED) is 0.748. The number of aliphatic hydroxyl groups is 1. The van der Waals surface area contributed by atoms with Gasteiger partial charge in [0.05, 0.1) is 13.2 Å². The third-order valence-electron chi connectivity index (χ3n) is 2.81. The Labute approximate surface area is 100 Å². The van der Waals surface area contributed by atoms with Gasteiger partial charge in [0.25, 0.3) is 0 Å². The van der Waals surface area contributed by atoms with Crippen molar-refractivity contribution in [1.82, 2.24) is 5.32 Å². The number of hydrogen-bond acceptors (Lipinski definition) is 4. The fraction of sp³-hybridized carbons (Fsp3) is 0.500. The van der Waals surface area contributed by atoms with E-state index in [-0.39, 0.29) is 34.7 Å². The lowest BCUT2D eigenvalue weighted by molar-refractivity contribution is 0.171. The minimum Gasteiger partial charge on any atom is -0.504 e. The first-order valence-electron chi connectivity index (χ1n) is 5.33. The van der Waals surface area contributed by atoms with E-state index in [9.17, 15) is 14.6 Å². The van der Waals surface area contributed by atoms with Gasteiger partial charge in [0.1, 0.15) is 5.82 Å². The smallest absolute Gasteiger partial charge is 0.166 e. The predicted molar refractivity (Wildman–Crippen MR) is 63.0 cm³/mol. The van der Waals surface area contributed by atoms with Crippen molar-refractivity contribution >= 4 is 0 Å². The van der Waals surface area contributed by atoms with Crippen LogP contribution in [-0.4, -0.2) is 30.9 Å². The molecule has 0 aliphatic rings. The third kappa shape index (κ3) is 2.35.